The molecule has 0 aliphatic carbocycles. The van der Waals surface area contributed by atoms with Gasteiger partial charge in [0, 0.05) is 22.9 Å². The highest BCUT2D eigenvalue weighted by atomic mass is 19.2. The molecule has 0 spiro atoms. The monoisotopic (exact) mass is 494 g/mol. The van der Waals surface area contributed by atoms with Crippen molar-refractivity contribution in [3.63, 3.8) is 0 Å². The number of nitrogens with two attached hydrogens (primary N) is 1. The predicted molar refractivity (Wildman–Crippen MR) is 138 cm³/mol. The Morgan fingerprint density at radius 3 is 2.03 bits per heavy atom. The highest BCUT2D eigenvalue weighted by Crippen LogP contribution is 2.33. The lowest BCUT2D eigenvalue weighted by molar-refractivity contribution is 0.333. The van der Waals surface area contributed by atoms with Crippen molar-refractivity contribution in [3.8, 4) is 28.0 Å². The van der Waals surface area contributed by atoms with Crippen molar-refractivity contribution in [2.24, 2.45) is 10.7 Å². The maximum atomic E-state index is 15.0. The first-order chi connectivity index (χ1) is 17.3. The van der Waals surface area contributed by atoms with E-state index in [1.807, 2.05) is 6.92 Å². The van der Waals surface area contributed by atoms with Gasteiger partial charge in [-0.25, -0.2) is 13.2 Å². The van der Waals surface area contributed by atoms with Crippen molar-refractivity contribution < 1.29 is 22.3 Å². The number of nitrogens with zero attached hydrogens (tertiary/aromatic N) is 1. The van der Waals surface area contributed by atoms with E-state index in [1.54, 1.807) is 0 Å². The molecule has 0 atom stereocenters. The van der Waals surface area contributed by atoms with Gasteiger partial charge < -0.3 is 10.5 Å². The van der Waals surface area contributed by atoms with Crippen LogP contribution in [-0.4, -0.2) is 12.8 Å². The normalized spacial score (nSPS) is 11.6. The average molecular weight is 495 g/mol. The number of rotatable bonds is 10. The van der Waals surface area contributed by atoms with Crippen LogP contribution in [0.1, 0.15) is 25.3 Å². The molecule has 0 aliphatic heterocycles. The molecular weight excluding hydrogens is 468 g/mol. The van der Waals surface area contributed by atoms with E-state index < -0.39 is 23.3 Å². The smallest absolute Gasteiger partial charge is 0.201 e. The van der Waals surface area contributed by atoms with Crippen LogP contribution in [0.4, 0.5) is 17.6 Å². The summed E-state index contributed by atoms with van der Waals surface area (Å²) in [5.74, 6) is -4.57. The molecule has 3 nitrogen and oxygen atoms in total. The van der Waals surface area contributed by atoms with Gasteiger partial charge in [0.15, 0.2) is 23.2 Å². The lowest BCUT2D eigenvalue weighted by atomic mass is 9.98. The van der Waals surface area contributed by atoms with Crippen LogP contribution in [0.5, 0.6) is 5.75 Å². The Balaban J connectivity index is 1.87. The molecule has 0 amide bonds. The Hall–Kier alpha value is -4.13. The number of allylic oxidation sites excluding steroid dienone is 1. The van der Waals surface area contributed by atoms with Crippen molar-refractivity contribution in [2.45, 2.75) is 19.8 Å². The van der Waals surface area contributed by atoms with Gasteiger partial charge in [-0.05, 0) is 47.5 Å². The van der Waals surface area contributed by atoms with Gasteiger partial charge in [-0.3, -0.25) is 4.99 Å². The third-order valence-electron chi connectivity index (χ3n) is 5.44. The summed E-state index contributed by atoms with van der Waals surface area (Å²) in [5.41, 5.74) is 7.02. The Morgan fingerprint density at radius 1 is 0.889 bits per heavy atom. The molecular formula is C29H26F4N2O. The molecule has 0 heterocycles. The SMILES string of the molecule is C=CCOc1ccc(-c2ccc(-c3ccc(C(=C)/N=C\C(=C/N)CCC)c(F)c3F)cc2)c(F)c1F. The van der Waals surface area contributed by atoms with Gasteiger partial charge in [-0.2, -0.15) is 4.39 Å². The number of aliphatic imine (C=N–C) groups is 1. The molecule has 36 heavy (non-hydrogen) atoms. The van der Waals surface area contributed by atoms with Gasteiger partial charge in [0.2, 0.25) is 5.82 Å². The van der Waals surface area contributed by atoms with E-state index in [4.69, 9.17) is 10.5 Å². The molecule has 3 aromatic rings. The Kier molecular flexibility index (Phi) is 8.84. The van der Waals surface area contributed by atoms with Crippen molar-refractivity contribution in [1.82, 2.24) is 0 Å². The van der Waals surface area contributed by atoms with Crippen LogP contribution >= 0.6 is 0 Å². The van der Waals surface area contributed by atoms with Gasteiger partial charge in [0.05, 0.1) is 5.70 Å². The minimum Gasteiger partial charge on any atom is -0.486 e. The summed E-state index contributed by atoms with van der Waals surface area (Å²) in [6.45, 7) is 9.21. The number of hydrogen-bond acceptors (Lipinski definition) is 3. The van der Waals surface area contributed by atoms with Crippen LogP contribution < -0.4 is 10.5 Å². The van der Waals surface area contributed by atoms with E-state index in [0.29, 0.717) is 17.5 Å². The van der Waals surface area contributed by atoms with Crippen molar-refractivity contribution in [2.75, 3.05) is 6.61 Å². The molecule has 0 aromatic heterocycles. The Labute approximate surface area is 208 Å². The highest BCUT2D eigenvalue weighted by molar-refractivity contribution is 5.84. The number of hydrogen-bond donors (Lipinski definition) is 1. The quantitative estimate of drug-likeness (QED) is 0.177. The van der Waals surface area contributed by atoms with Gasteiger partial charge in [-0.1, -0.05) is 62.9 Å². The maximum Gasteiger partial charge on any atom is 0.201 e. The molecule has 0 fully saturated rings. The molecule has 0 bridgehead atoms. The zero-order valence-corrected chi connectivity index (χ0v) is 19.8. The van der Waals surface area contributed by atoms with Gasteiger partial charge in [-0.15, -0.1) is 0 Å². The standard InChI is InChI=1S/C29H26F4N2O/c1-4-6-19(16-34)17-35-18(3)22-11-12-23(27(31)26(22)30)20-7-9-21(10-8-20)24-13-14-25(36-15-5-2)29(33)28(24)32/h5,7-14,16-17H,2-4,6,15,34H2,1H3/b19-16-,35-17-. The second-order valence-electron chi connectivity index (χ2n) is 7.90. The second kappa shape index (κ2) is 12.0. The molecule has 3 aromatic carbocycles. The molecule has 0 unspecified atom stereocenters. The Morgan fingerprint density at radius 2 is 1.47 bits per heavy atom. The van der Waals surface area contributed by atoms with E-state index in [2.05, 4.69) is 18.2 Å². The topological polar surface area (TPSA) is 47.6 Å². The molecule has 3 rings (SSSR count). The first-order valence-electron chi connectivity index (χ1n) is 11.3. The van der Waals surface area contributed by atoms with Crippen molar-refractivity contribution >= 4 is 11.9 Å². The zero-order chi connectivity index (χ0) is 26.2. The molecule has 2 N–H and O–H groups in total. The van der Waals surface area contributed by atoms with Crippen LogP contribution in [0.2, 0.25) is 0 Å². The molecule has 7 heteroatoms. The van der Waals surface area contributed by atoms with Crippen molar-refractivity contribution in [3.05, 3.63) is 108 Å². The summed E-state index contributed by atoms with van der Waals surface area (Å²) in [6, 6.07) is 11.5. The first kappa shape index (κ1) is 26.5. The zero-order valence-electron chi connectivity index (χ0n) is 19.8. The van der Waals surface area contributed by atoms with Gasteiger partial charge >= 0.3 is 0 Å². The fourth-order valence-corrected chi connectivity index (χ4v) is 3.55. The number of halogens is 4. The predicted octanol–water partition coefficient (Wildman–Crippen LogP) is 7.83. The van der Waals surface area contributed by atoms with Crippen LogP contribution in [0.15, 0.2) is 84.5 Å². The summed E-state index contributed by atoms with van der Waals surface area (Å²) in [6.07, 6.45) is 5.87. The summed E-state index contributed by atoms with van der Waals surface area (Å²) < 4.78 is 63.8. The summed E-state index contributed by atoms with van der Waals surface area (Å²) in [7, 11) is 0. The van der Waals surface area contributed by atoms with Gasteiger partial charge in [0.25, 0.3) is 0 Å². The fraction of sp³-hybridized carbons (Fsp3) is 0.138. The maximum absolute atomic E-state index is 15.0. The van der Waals surface area contributed by atoms with Crippen molar-refractivity contribution in [1.29, 1.82) is 0 Å². The third kappa shape index (κ3) is 5.74. The van der Waals surface area contributed by atoms with Gasteiger partial charge in [0.1, 0.15) is 6.61 Å². The molecule has 186 valence electrons. The highest BCUT2D eigenvalue weighted by Gasteiger charge is 2.18. The lowest BCUT2D eigenvalue weighted by Crippen LogP contribution is -1.99. The summed E-state index contributed by atoms with van der Waals surface area (Å²) in [5, 5.41) is 0. The third-order valence-corrected chi connectivity index (χ3v) is 5.44. The van der Waals surface area contributed by atoms with Crippen LogP contribution in [0.3, 0.4) is 0 Å². The molecule has 0 radical (unpaired) electrons. The van der Waals surface area contributed by atoms with E-state index in [1.165, 1.54) is 67.0 Å². The number of ether oxygens (including phenoxy) is 1. The average Bonchev–Trinajstić information content (AvgIpc) is 2.89. The van der Waals surface area contributed by atoms with E-state index in [-0.39, 0.29) is 34.7 Å². The summed E-state index contributed by atoms with van der Waals surface area (Å²) in [4.78, 5) is 4.12. The van der Waals surface area contributed by atoms with Crippen LogP contribution in [-0.2, 0) is 0 Å². The van der Waals surface area contributed by atoms with E-state index in [9.17, 15) is 17.6 Å². The second-order valence-corrected chi connectivity index (χ2v) is 7.90. The van der Waals surface area contributed by atoms with E-state index in [0.717, 1.165) is 12.0 Å². The first-order valence-corrected chi connectivity index (χ1v) is 11.3. The minimum atomic E-state index is -1.12. The largest absolute Gasteiger partial charge is 0.486 e. The fourth-order valence-electron chi connectivity index (χ4n) is 3.55. The lowest BCUT2D eigenvalue weighted by Gasteiger charge is -2.11. The molecule has 0 aliphatic rings. The van der Waals surface area contributed by atoms with Crippen LogP contribution in [0.25, 0.3) is 28.0 Å². The molecule has 0 saturated heterocycles. The number of benzene rings is 3. The molecule has 0 saturated carbocycles. The van der Waals surface area contributed by atoms with E-state index >= 15 is 0 Å². The summed E-state index contributed by atoms with van der Waals surface area (Å²) >= 11 is 0. The van der Waals surface area contributed by atoms with Crippen LogP contribution in [0, 0.1) is 23.3 Å². The minimum absolute atomic E-state index is 0.00734. The Bertz CT molecular complexity index is 1330.